The molecule has 7 heteroatoms. The van der Waals surface area contributed by atoms with Gasteiger partial charge in [0.2, 0.25) is 5.91 Å². The van der Waals surface area contributed by atoms with Crippen molar-refractivity contribution in [1.82, 2.24) is 9.88 Å². The molecule has 2 aliphatic rings. The van der Waals surface area contributed by atoms with Gasteiger partial charge in [-0.15, -0.1) is 0 Å². The van der Waals surface area contributed by atoms with Gasteiger partial charge in [0.25, 0.3) is 0 Å². The molecule has 0 N–H and O–H groups in total. The van der Waals surface area contributed by atoms with Crippen LogP contribution in [-0.4, -0.2) is 47.7 Å². The number of amides is 2. The summed E-state index contributed by atoms with van der Waals surface area (Å²) in [6, 6.07) is 11.4. The van der Waals surface area contributed by atoms with Crippen molar-refractivity contribution in [3.05, 3.63) is 53.9 Å². The molecular formula is C23H27N3O4. The monoisotopic (exact) mass is 409 g/mol. The molecule has 1 fully saturated rings. The Morgan fingerprint density at radius 1 is 1.20 bits per heavy atom. The van der Waals surface area contributed by atoms with Crippen LogP contribution in [0.15, 0.2) is 42.6 Å². The van der Waals surface area contributed by atoms with Gasteiger partial charge in [-0.1, -0.05) is 12.1 Å². The first-order valence-electron chi connectivity index (χ1n) is 10.1. The zero-order valence-electron chi connectivity index (χ0n) is 17.8. The topological polar surface area (TPSA) is 72.0 Å². The lowest BCUT2D eigenvalue weighted by Crippen LogP contribution is -2.44. The van der Waals surface area contributed by atoms with Crippen LogP contribution in [0, 0.1) is 0 Å². The fourth-order valence-electron chi connectivity index (χ4n) is 4.18. The summed E-state index contributed by atoms with van der Waals surface area (Å²) < 4.78 is 10.7. The number of carbonyl (C=O) groups is 2. The average molecular weight is 409 g/mol. The van der Waals surface area contributed by atoms with E-state index in [1.165, 1.54) is 0 Å². The maximum absolute atomic E-state index is 13.6. The third-order valence-electron chi connectivity index (χ3n) is 5.61. The highest BCUT2D eigenvalue weighted by Crippen LogP contribution is 2.46. The number of pyridine rings is 1. The molecule has 2 aromatic rings. The highest BCUT2D eigenvalue weighted by Gasteiger charge is 2.56. The van der Waals surface area contributed by atoms with Gasteiger partial charge in [-0.2, -0.15) is 0 Å². The zero-order chi connectivity index (χ0) is 21.5. The van der Waals surface area contributed by atoms with Crippen LogP contribution in [0.5, 0.6) is 5.75 Å². The molecule has 1 aromatic heterocycles. The zero-order valence-corrected chi connectivity index (χ0v) is 17.8. The predicted octanol–water partition coefficient (Wildman–Crippen LogP) is 3.52. The molecule has 1 unspecified atom stereocenters. The van der Waals surface area contributed by atoms with Crippen molar-refractivity contribution in [3.63, 3.8) is 0 Å². The highest BCUT2D eigenvalue weighted by atomic mass is 16.6. The number of hydrogen-bond acceptors (Lipinski definition) is 5. The Hall–Kier alpha value is -3.09. The first kappa shape index (κ1) is 20.2. The van der Waals surface area contributed by atoms with E-state index < -0.39 is 17.1 Å². The van der Waals surface area contributed by atoms with E-state index in [0.717, 1.165) is 22.7 Å². The minimum Gasteiger partial charge on any atom is -0.497 e. The van der Waals surface area contributed by atoms with E-state index in [-0.39, 0.29) is 12.5 Å². The van der Waals surface area contributed by atoms with Crippen LogP contribution >= 0.6 is 0 Å². The quantitative estimate of drug-likeness (QED) is 0.776. The molecule has 3 heterocycles. The molecule has 7 nitrogen and oxygen atoms in total. The first-order chi connectivity index (χ1) is 14.2. The van der Waals surface area contributed by atoms with Gasteiger partial charge in [0, 0.05) is 19.3 Å². The number of ether oxygens (including phenoxy) is 2. The molecule has 1 spiro atoms. The van der Waals surface area contributed by atoms with Crippen LogP contribution in [0.1, 0.15) is 38.4 Å². The van der Waals surface area contributed by atoms with Crippen LogP contribution in [0.4, 0.5) is 10.5 Å². The number of anilines is 1. The predicted molar refractivity (Wildman–Crippen MR) is 113 cm³/mol. The maximum Gasteiger partial charge on any atom is 0.410 e. The first-order valence-corrected chi connectivity index (χ1v) is 10.1. The summed E-state index contributed by atoms with van der Waals surface area (Å²) in [5.41, 5.74) is 1.15. The third-order valence-corrected chi connectivity index (χ3v) is 5.61. The molecule has 4 rings (SSSR count). The lowest BCUT2D eigenvalue weighted by atomic mass is 9.84. The minimum absolute atomic E-state index is 0.0157. The molecule has 30 heavy (non-hydrogen) atoms. The average Bonchev–Trinajstić information content (AvgIpc) is 3.25. The number of nitrogens with zero attached hydrogens (tertiary/aromatic N) is 3. The van der Waals surface area contributed by atoms with Gasteiger partial charge in [0.1, 0.15) is 16.8 Å². The van der Waals surface area contributed by atoms with Gasteiger partial charge in [0.15, 0.2) is 0 Å². The number of hydrogen-bond donors (Lipinski definition) is 0. The standard InChI is InChI=1S/C23H27N3O4/c1-22(2,3)30-21(28)25-13-11-23(15-25)19-18(6-5-12-24-19)26(20(23)27)14-16-7-9-17(29-4)10-8-16/h5-10,12H,11,13-15H2,1-4H3. The molecule has 1 atom stereocenters. The number of likely N-dealkylation sites (tertiary alicyclic amines) is 1. The summed E-state index contributed by atoms with van der Waals surface area (Å²) >= 11 is 0. The Bertz CT molecular complexity index is 967. The second kappa shape index (κ2) is 7.31. The van der Waals surface area contributed by atoms with Crippen molar-refractivity contribution in [2.45, 2.75) is 44.8 Å². The van der Waals surface area contributed by atoms with Gasteiger partial charge in [-0.05, 0) is 57.0 Å². The summed E-state index contributed by atoms with van der Waals surface area (Å²) in [4.78, 5) is 34.2. The summed E-state index contributed by atoms with van der Waals surface area (Å²) in [5.74, 6) is 0.756. The molecule has 0 saturated carbocycles. The van der Waals surface area contributed by atoms with Crippen molar-refractivity contribution in [3.8, 4) is 5.75 Å². The van der Waals surface area contributed by atoms with Crippen LogP contribution in [0.2, 0.25) is 0 Å². The lowest BCUT2D eigenvalue weighted by Gasteiger charge is -2.26. The molecule has 1 aromatic carbocycles. The van der Waals surface area contributed by atoms with Crippen molar-refractivity contribution in [1.29, 1.82) is 0 Å². The van der Waals surface area contributed by atoms with Gasteiger partial charge >= 0.3 is 6.09 Å². The Kier molecular flexibility index (Phi) is 4.92. The van der Waals surface area contributed by atoms with Gasteiger partial charge in [-0.25, -0.2) is 4.79 Å². The summed E-state index contributed by atoms with van der Waals surface area (Å²) in [7, 11) is 1.63. The van der Waals surface area contributed by atoms with Crippen molar-refractivity contribution in [2.75, 3.05) is 25.1 Å². The van der Waals surface area contributed by atoms with Crippen LogP contribution in [0.3, 0.4) is 0 Å². The van der Waals surface area contributed by atoms with Crippen molar-refractivity contribution >= 4 is 17.7 Å². The second-order valence-corrected chi connectivity index (χ2v) is 8.84. The van der Waals surface area contributed by atoms with E-state index in [4.69, 9.17) is 9.47 Å². The molecule has 0 bridgehead atoms. The molecule has 158 valence electrons. The van der Waals surface area contributed by atoms with E-state index >= 15 is 0 Å². The summed E-state index contributed by atoms with van der Waals surface area (Å²) in [5, 5.41) is 0. The molecular weight excluding hydrogens is 382 g/mol. The van der Waals surface area contributed by atoms with Crippen molar-refractivity contribution in [2.24, 2.45) is 0 Å². The fraction of sp³-hybridized carbons (Fsp3) is 0.435. The smallest absolute Gasteiger partial charge is 0.410 e. The van der Waals surface area contributed by atoms with Crippen LogP contribution in [-0.2, 0) is 21.5 Å². The number of fused-ring (bicyclic) bond motifs is 2. The van der Waals surface area contributed by atoms with Crippen molar-refractivity contribution < 1.29 is 19.1 Å². The Labute approximate surface area is 176 Å². The summed E-state index contributed by atoms with van der Waals surface area (Å²) in [6.07, 6.45) is 1.85. The van der Waals surface area contributed by atoms with Gasteiger partial charge in [0.05, 0.1) is 25.0 Å². The second-order valence-electron chi connectivity index (χ2n) is 8.84. The molecule has 2 aliphatic heterocycles. The number of rotatable bonds is 3. The highest BCUT2D eigenvalue weighted by molar-refractivity contribution is 6.08. The fourth-order valence-corrected chi connectivity index (χ4v) is 4.18. The minimum atomic E-state index is -0.819. The van der Waals surface area contributed by atoms with Crippen LogP contribution < -0.4 is 9.64 Å². The number of methoxy groups -OCH3 is 1. The van der Waals surface area contributed by atoms with E-state index in [9.17, 15) is 9.59 Å². The molecule has 0 radical (unpaired) electrons. The van der Waals surface area contributed by atoms with Gasteiger partial charge in [-0.3, -0.25) is 9.78 Å². The summed E-state index contributed by atoms with van der Waals surface area (Å²) in [6.45, 7) is 6.70. The SMILES string of the molecule is COc1ccc(CN2C(=O)C3(CCN(C(=O)OC(C)(C)C)C3)c3ncccc32)cc1. The Balaban J connectivity index is 1.61. The number of aromatic nitrogens is 1. The normalized spacial score (nSPS) is 20.6. The molecule has 1 saturated heterocycles. The Morgan fingerprint density at radius 3 is 2.60 bits per heavy atom. The van der Waals surface area contributed by atoms with E-state index in [0.29, 0.717) is 19.5 Å². The van der Waals surface area contributed by atoms with E-state index in [1.54, 1.807) is 23.1 Å². The Morgan fingerprint density at radius 2 is 1.93 bits per heavy atom. The molecule has 0 aliphatic carbocycles. The third kappa shape index (κ3) is 3.49. The largest absolute Gasteiger partial charge is 0.497 e. The van der Waals surface area contributed by atoms with E-state index in [2.05, 4.69) is 4.98 Å². The van der Waals surface area contributed by atoms with Crippen LogP contribution in [0.25, 0.3) is 0 Å². The van der Waals surface area contributed by atoms with Gasteiger partial charge < -0.3 is 19.3 Å². The lowest BCUT2D eigenvalue weighted by molar-refractivity contribution is -0.123. The van der Waals surface area contributed by atoms with E-state index in [1.807, 2.05) is 57.2 Å². The maximum atomic E-state index is 13.6. The number of carbonyl (C=O) groups excluding carboxylic acids is 2. The molecule has 2 amide bonds. The number of benzene rings is 1.